The van der Waals surface area contributed by atoms with Crippen molar-refractivity contribution in [1.82, 2.24) is 0 Å². The Morgan fingerprint density at radius 3 is 2.26 bits per heavy atom. The summed E-state index contributed by atoms with van der Waals surface area (Å²) in [6.45, 7) is 18.5. The average molecular weight is 483 g/mol. The third-order valence-corrected chi connectivity index (χ3v) is 13.9. The van der Waals surface area contributed by atoms with Crippen molar-refractivity contribution in [3.8, 4) is 0 Å². The van der Waals surface area contributed by atoms with Gasteiger partial charge in [-0.3, -0.25) is 4.79 Å². The van der Waals surface area contributed by atoms with Crippen LogP contribution in [0.3, 0.4) is 0 Å². The highest BCUT2D eigenvalue weighted by Gasteiger charge is 2.69. The molecule has 5 aliphatic carbocycles. The first kappa shape index (κ1) is 25.8. The molecule has 0 aromatic rings. The van der Waals surface area contributed by atoms with Crippen molar-refractivity contribution in [1.29, 1.82) is 0 Å². The molecule has 8 atom stereocenters. The molecule has 5 rings (SSSR count). The normalized spacial score (nSPS) is 47.3. The number of carbonyl (C=O) groups is 1. The SMILES string of the molecule is COC(=O)CC[C@@H](C)C1=C2CC[C@]3(C)[C@H](CC[C@@H]4[C@@]5(C)CCCC(C)(C)[C@@H]5CC[C@]43C)[C@@]2(C)CC1. The molecule has 4 saturated carbocycles. The Kier molecular flexibility index (Phi) is 6.17. The topological polar surface area (TPSA) is 26.3 Å². The van der Waals surface area contributed by atoms with Crippen molar-refractivity contribution in [3.05, 3.63) is 11.1 Å². The van der Waals surface area contributed by atoms with Crippen molar-refractivity contribution in [2.75, 3.05) is 7.11 Å². The van der Waals surface area contributed by atoms with Gasteiger partial charge in [0.2, 0.25) is 0 Å². The van der Waals surface area contributed by atoms with Crippen LogP contribution in [0.5, 0.6) is 0 Å². The third kappa shape index (κ3) is 3.49. The maximum Gasteiger partial charge on any atom is 0.305 e. The summed E-state index contributed by atoms with van der Waals surface area (Å²) in [5.74, 6) is 3.08. The molecule has 0 aromatic carbocycles. The van der Waals surface area contributed by atoms with Gasteiger partial charge in [0.1, 0.15) is 0 Å². The highest BCUT2D eigenvalue weighted by molar-refractivity contribution is 5.69. The molecule has 0 spiro atoms. The van der Waals surface area contributed by atoms with E-state index in [4.69, 9.17) is 4.74 Å². The highest BCUT2D eigenvalue weighted by Crippen LogP contribution is 2.77. The maximum absolute atomic E-state index is 11.8. The number of hydrogen-bond acceptors (Lipinski definition) is 2. The summed E-state index contributed by atoms with van der Waals surface area (Å²) < 4.78 is 4.94. The fourth-order valence-corrected chi connectivity index (χ4v) is 11.9. The molecule has 0 saturated heterocycles. The lowest BCUT2D eigenvalue weighted by Gasteiger charge is -2.72. The molecule has 2 heteroatoms. The second-order valence-electron chi connectivity index (χ2n) is 15.4. The van der Waals surface area contributed by atoms with Gasteiger partial charge in [0.25, 0.3) is 0 Å². The van der Waals surface area contributed by atoms with E-state index in [1.807, 2.05) is 5.57 Å². The minimum Gasteiger partial charge on any atom is -0.469 e. The van der Waals surface area contributed by atoms with Crippen LogP contribution < -0.4 is 0 Å². The Morgan fingerprint density at radius 2 is 1.54 bits per heavy atom. The third-order valence-electron chi connectivity index (χ3n) is 13.9. The molecule has 0 aliphatic heterocycles. The number of rotatable bonds is 4. The van der Waals surface area contributed by atoms with Crippen LogP contribution in [-0.2, 0) is 9.53 Å². The molecular weight excluding hydrogens is 428 g/mol. The number of allylic oxidation sites excluding steroid dienone is 2. The van der Waals surface area contributed by atoms with Gasteiger partial charge in [0, 0.05) is 6.42 Å². The van der Waals surface area contributed by atoms with E-state index in [1.54, 1.807) is 5.57 Å². The van der Waals surface area contributed by atoms with Crippen LogP contribution in [0.25, 0.3) is 0 Å². The number of hydrogen-bond donors (Lipinski definition) is 0. The van der Waals surface area contributed by atoms with Gasteiger partial charge in [0.05, 0.1) is 7.11 Å². The van der Waals surface area contributed by atoms with Gasteiger partial charge < -0.3 is 4.74 Å². The van der Waals surface area contributed by atoms with Gasteiger partial charge in [-0.25, -0.2) is 0 Å². The summed E-state index contributed by atoms with van der Waals surface area (Å²) in [6.07, 6.45) is 16.9. The molecule has 0 bridgehead atoms. The molecule has 198 valence electrons. The monoisotopic (exact) mass is 482 g/mol. The first-order valence-corrected chi connectivity index (χ1v) is 15.1. The number of fused-ring (bicyclic) bond motifs is 7. The van der Waals surface area contributed by atoms with Crippen molar-refractivity contribution in [2.24, 2.45) is 50.7 Å². The largest absolute Gasteiger partial charge is 0.469 e. The van der Waals surface area contributed by atoms with Crippen LogP contribution in [0.2, 0.25) is 0 Å². The van der Waals surface area contributed by atoms with Crippen molar-refractivity contribution in [2.45, 2.75) is 132 Å². The second kappa shape index (κ2) is 8.36. The van der Waals surface area contributed by atoms with Crippen molar-refractivity contribution < 1.29 is 9.53 Å². The Hall–Kier alpha value is -0.790. The smallest absolute Gasteiger partial charge is 0.305 e. The Balaban J connectivity index is 1.45. The molecule has 0 N–H and O–H groups in total. The fourth-order valence-electron chi connectivity index (χ4n) is 11.9. The molecule has 0 aromatic heterocycles. The summed E-state index contributed by atoms with van der Waals surface area (Å²) in [6, 6.07) is 0. The van der Waals surface area contributed by atoms with Gasteiger partial charge >= 0.3 is 5.97 Å². The lowest BCUT2D eigenvalue weighted by atomic mass is 9.32. The van der Waals surface area contributed by atoms with E-state index in [0.29, 0.717) is 39.4 Å². The van der Waals surface area contributed by atoms with E-state index in [9.17, 15) is 4.79 Å². The van der Waals surface area contributed by atoms with E-state index in [-0.39, 0.29) is 5.97 Å². The van der Waals surface area contributed by atoms with E-state index >= 15 is 0 Å². The van der Waals surface area contributed by atoms with Crippen LogP contribution in [0, 0.1) is 50.7 Å². The second-order valence-corrected chi connectivity index (χ2v) is 15.4. The average Bonchev–Trinajstić information content (AvgIpc) is 3.14. The zero-order chi connectivity index (χ0) is 25.4. The molecule has 0 heterocycles. The summed E-state index contributed by atoms with van der Waals surface area (Å²) in [4.78, 5) is 11.8. The first-order valence-electron chi connectivity index (χ1n) is 15.1. The minimum atomic E-state index is -0.0549. The molecule has 35 heavy (non-hydrogen) atoms. The van der Waals surface area contributed by atoms with E-state index in [2.05, 4.69) is 48.5 Å². The zero-order valence-electron chi connectivity index (χ0n) is 24.3. The number of esters is 1. The van der Waals surface area contributed by atoms with Gasteiger partial charge in [0.15, 0.2) is 0 Å². The van der Waals surface area contributed by atoms with Gasteiger partial charge in [-0.2, -0.15) is 0 Å². The first-order chi connectivity index (χ1) is 16.3. The predicted molar refractivity (Wildman–Crippen MR) is 145 cm³/mol. The molecule has 5 aliphatic rings. The summed E-state index contributed by atoms with van der Waals surface area (Å²) in [7, 11) is 1.52. The zero-order valence-corrected chi connectivity index (χ0v) is 24.3. The minimum absolute atomic E-state index is 0.0549. The molecular formula is C33H54O2. The predicted octanol–water partition coefficient (Wildman–Crippen LogP) is 9.13. The lowest BCUT2D eigenvalue weighted by molar-refractivity contribution is -0.226. The van der Waals surface area contributed by atoms with E-state index < -0.39 is 0 Å². The quantitative estimate of drug-likeness (QED) is 0.295. The lowest BCUT2D eigenvalue weighted by Crippen LogP contribution is -2.65. The number of ether oxygens (including phenoxy) is 1. The molecule has 0 radical (unpaired) electrons. The maximum atomic E-state index is 11.8. The van der Waals surface area contributed by atoms with Crippen molar-refractivity contribution >= 4 is 5.97 Å². The van der Waals surface area contributed by atoms with Crippen LogP contribution in [-0.4, -0.2) is 13.1 Å². The Bertz CT molecular complexity index is 899. The summed E-state index contributed by atoms with van der Waals surface area (Å²) in [5, 5.41) is 0. The Labute approximate surface area is 216 Å². The van der Waals surface area contributed by atoms with Crippen molar-refractivity contribution in [3.63, 3.8) is 0 Å². The number of carbonyl (C=O) groups excluding carboxylic acids is 1. The molecule has 0 unspecified atom stereocenters. The van der Waals surface area contributed by atoms with Crippen LogP contribution >= 0.6 is 0 Å². The van der Waals surface area contributed by atoms with Crippen LogP contribution in [0.4, 0.5) is 0 Å². The highest BCUT2D eigenvalue weighted by atomic mass is 16.5. The van der Waals surface area contributed by atoms with Gasteiger partial charge in [-0.15, -0.1) is 0 Å². The van der Waals surface area contributed by atoms with Gasteiger partial charge in [-0.05, 0) is 121 Å². The molecule has 4 fully saturated rings. The fraction of sp³-hybridized carbons (Fsp3) is 0.909. The summed E-state index contributed by atoms with van der Waals surface area (Å²) in [5.41, 5.74) is 5.88. The standard InChI is InChI=1S/C33H54O2/c1-22(10-13-28(34)35-8)23-14-19-30(4)24(23)15-20-32(6)26(30)11-12-27-31(5)18-9-17-29(2,3)25(31)16-21-33(27,32)7/h22,25-27H,9-21H2,1-8H3/t22-,25+,26-,27-,30+,31+,32-,33-/m1/s1. The molecule has 0 amide bonds. The van der Waals surface area contributed by atoms with E-state index in [0.717, 1.165) is 24.2 Å². The summed E-state index contributed by atoms with van der Waals surface area (Å²) >= 11 is 0. The van der Waals surface area contributed by atoms with Crippen LogP contribution in [0.1, 0.15) is 132 Å². The van der Waals surface area contributed by atoms with E-state index in [1.165, 1.54) is 77.7 Å². The van der Waals surface area contributed by atoms with Crippen LogP contribution in [0.15, 0.2) is 11.1 Å². The number of methoxy groups -OCH3 is 1. The molecule has 2 nitrogen and oxygen atoms in total. The van der Waals surface area contributed by atoms with Gasteiger partial charge in [-0.1, -0.05) is 66.0 Å². The Morgan fingerprint density at radius 1 is 0.857 bits per heavy atom.